The molecule has 0 aliphatic carbocycles. The first-order valence-corrected chi connectivity index (χ1v) is 7.52. The summed E-state index contributed by atoms with van der Waals surface area (Å²) in [6.45, 7) is 5.68. The summed E-state index contributed by atoms with van der Waals surface area (Å²) in [5, 5.41) is 4.18. The van der Waals surface area contributed by atoms with Gasteiger partial charge in [-0.3, -0.25) is 9.59 Å². The molecule has 0 radical (unpaired) electrons. The van der Waals surface area contributed by atoms with Crippen LogP contribution in [0.3, 0.4) is 0 Å². The van der Waals surface area contributed by atoms with Crippen molar-refractivity contribution in [3.8, 4) is 5.69 Å². The Balaban J connectivity index is 2.55. The summed E-state index contributed by atoms with van der Waals surface area (Å²) in [7, 11) is 0. The Morgan fingerprint density at radius 1 is 1.17 bits per heavy atom. The van der Waals surface area contributed by atoms with E-state index in [0.717, 1.165) is 5.56 Å². The van der Waals surface area contributed by atoms with Gasteiger partial charge in [-0.2, -0.15) is 5.10 Å². The summed E-state index contributed by atoms with van der Waals surface area (Å²) < 4.78 is 11.7. The van der Waals surface area contributed by atoms with Crippen LogP contribution >= 0.6 is 0 Å². The third kappa shape index (κ3) is 3.77. The van der Waals surface area contributed by atoms with Crippen molar-refractivity contribution < 1.29 is 19.1 Å². The van der Waals surface area contributed by atoms with Crippen LogP contribution in [0.5, 0.6) is 0 Å². The third-order valence-electron chi connectivity index (χ3n) is 3.29. The highest BCUT2D eigenvalue weighted by Crippen LogP contribution is 2.27. The Hall–Kier alpha value is -2.63. The van der Waals surface area contributed by atoms with E-state index in [1.165, 1.54) is 0 Å². The maximum atomic E-state index is 12.3. The zero-order valence-corrected chi connectivity index (χ0v) is 13.5. The van der Waals surface area contributed by atoms with Crippen molar-refractivity contribution in [3.63, 3.8) is 0 Å². The first kappa shape index (κ1) is 16.7. The Bertz CT molecular complexity index is 662. The molecule has 0 saturated carbocycles. The SMILES string of the molecule is CCOC(=O)C(C(=O)OCC)c1cc(C)ccc1-n1cccn1. The fourth-order valence-electron chi connectivity index (χ4n) is 2.33. The minimum Gasteiger partial charge on any atom is -0.465 e. The second-order valence-corrected chi connectivity index (χ2v) is 4.95. The number of hydrogen-bond donors (Lipinski definition) is 0. The second kappa shape index (κ2) is 7.58. The number of carbonyl (C=O) groups excluding carboxylic acids is 2. The number of esters is 2. The van der Waals surface area contributed by atoms with Crippen molar-refractivity contribution in [2.45, 2.75) is 26.7 Å². The molecule has 0 atom stereocenters. The maximum absolute atomic E-state index is 12.3. The first-order valence-electron chi connectivity index (χ1n) is 7.52. The highest BCUT2D eigenvalue weighted by Gasteiger charge is 2.34. The van der Waals surface area contributed by atoms with E-state index in [1.54, 1.807) is 43.1 Å². The topological polar surface area (TPSA) is 70.4 Å². The lowest BCUT2D eigenvalue weighted by Gasteiger charge is -2.18. The molecule has 0 aliphatic heterocycles. The quantitative estimate of drug-likeness (QED) is 0.604. The molecule has 0 aliphatic rings. The minimum atomic E-state index is -1.13. The second-order valence-electron chi connectivity index (χ2n) is 4.95. The van der Waals surface area contributed by atoms with Crippen molar-refractivity contribution in [2.75, 3.05) is 13.2 Å². The molecule has 0 unspecified atom stereocenters. The van der Waals surface area contributed by atoms with Crippen LogP contribution in [0.15, 0.2) is 36.7 Å². The molecule has 0 amide bonds. The Morgan fingerprint density at radius 2 is 1.83 bits per heavy atom. The lowest BCUT2D eigenvalue weighted by Crippen LogP contribution is -2.27. The van der Waals surface area contributed by atoms with Crippen molar-refractivity contribution in [2.24, 2.45) is 0 Å². The molecule has 0 spiro atoms. The normalized spacial score (nSPS) is 10.6. The largest absolute Gasteiger partial charge is 0.465 e. The van der Waals surface area contributed by atoms with E-state index in [4.69, 9.17) is 9.47 Å². The van der Waals surface area contributed by atoms with Gasteiger partial charge in [-0.25, -0.2) is 4.68 Å². The first-order chi connectivity index (χ1) is 11.1. The number of ether oxygens (including phenoxy) is 2. The highest BCUT2D eigenvalue weighted by molar-refractivity contribution is 6.01. The van der Waals surface area contributed by atoms with Crippen molar-refractivity contribution in [1.29, 1.82) is 0 Å². The number of benzene rings is 1. The van der Waals surface area contributed by atoms with E-state index in [0.29, 0.717) is 11.3 Å². The van der Waals surface area contributed by atoms with Crippen molar-refractivity contribution in [3.05, 3.63) is 47.8 Å². The number of nitrogens with zero attached hydrogens (tertiary/aromatic N) is 2. The van der Waals surface area contributed by atoms with Crippen LogP contribution in [0.25, 0.3) is 5.69 Å². The van der Waals surface area contributed by atoms with Gasteiger partial charge in [0.05, 0.1) is 18.9 Å². The smallest absolute Gasteiger partial charge is 0.324 e. The molecule has 122 valence electrons. The van der Waals surface area contributed by atoms with Gasteiger partial charge in [0.15, 0.2) is 5.92 Å². The fourth-order valence-corrected chi connectivity index (χ4v) is 2.33. The molecule has 6 heteroatoms. The van der Waals surface area contributed by atoms with Gasteiger partial charge < -0.3 is 9.47 Å². The van der Waals surface area contributed by atoms with E-state index in [2.05, 4.69) is 5.10 Å². The molecule has 23 heavy (non-hydrogen) atoms. The van der Waals surface area contributed by atoms with E-state index in [1.807, 2.05) is 19.1 Å². The average Bonchev–Trinajstić information content (AvgIpc) is 3.02. The van der Waals surface area contributed by atoms with Crippen molar-refractivity contribution in [1.82, 2.24) is 9.78 Å². The number of carbonyl (C=O) groups is 2. The van der Waals surface area contributed by atoms with Crippen LogP contribution in [-0.2, 0) is 19.1 Å². The van der Waals surface area contributed by atoms with Crippen LogP contribution in [0.4, 0.5) is 0 Å². The van der Waals surface area contributed by atoms with Gasteiger partial charge in [-0.15, -0.1) is 0 Å². The van der Waals surface area contributed by atoms with E-state index >= 15 is 0 Å². The predicted octanol–water partition coefficient (Wildman–Crippen LogP) is 2.39. The van der Waals surface area contributed by atoms with Gasteiger partial charge in [0.25, 0.3) is 0 Å². The van der Waals surface area contributed by atoms with Gasteiger partial charge in [-0.05, 0) is 32.9 Å². The van der Waals surface area contributed by atoms with Crippen LogP contribution in [-0.4, -0.2) is 34.9 Å². The monoisotopic (exact) mass is 316 g/mol. The molecule has 1 heterocycles. The van der Waals surface area contributed by atoms with Crippen molar-refractivity contribution >= 4 is 11.9 Å². The third-order valence-corrected chi connectivity index (χ3v) is 3.29. The number of rotatable bonds is 6. The Morgan fingerprint density at radius 3 is 2.35 bits per heavy atom. The number of aromatic nitrogens is 2. The summed E-state index contributed by atoms with van der Waals surface area (Å²) >= 11 is 0. The zero-order chi connectivity index (χ0) is 16.8. The van der Waals surface area contributed by atoms with E-state index < -0.39 is 17.9 Å². The Kier molecular flexibility index (Phi) is 5.51. The molecule has 0 N–H and O–H groups in total. The summed E-state index contributed by atoms with van der Waals surface area (Å²) in [5.74, 6) is -2.37. The molecule has 0 fully saturated rings. The van der Waals surface area contributed by atoms with Gasteiger partial charge >= 0.3 is 11.9 Å². The number of aryl methyl sites for hydroxylation is 1. The van der Waals surface area contributed by atoms with Gasteiger partial charge in [0.1, 0.15) is 0 Å². The average molecular weight is 316 g/mol. The van der Waals surface area contributed by atoms with Crippen LogP contribution in [0, 0.1) is 6.92 Å². The maximum Gasteiger partial charge on any atom is 0.324 e. The molecular weight excluding hydrogens is 296 g/mol. The molecule has 6 nitrogen and oxygen atoms in total. The van der Waals surface area contributed by atoms with Crippen LogP contribution < -0.4 is 0 Å². The van der Waals surface area contributed by atoms with Crippen LogP contribution in [0.2, 0.25) is 0 Å². The summed E-state index contributed by atoms with van der Waals surface area (Å²) in [4.78, 5) is 24.7. The van der Waals surface area contributed by atoms with Gasteiger partial charge in [0.2, 0.25) is 0 Å². The molecule has 0 saturated heterocycles. The summed E-state index contributed by atoms with van der Waals surface area (Å²) in [6.07, 6.45) is 3.38. The van der Waals surface area contributed by atoms with E-state index in [-0.39, 0.29) is 13.2 Å². The molecule has 2 aromatic rings. The summed E-state index contributed by atoms with van der Waals surface area (Å²) in [5.41, 5.74) is 2.09. The lowest BCUT2D eigenvalue weighted by atomic mass is 9.95. The molecular formula is C17H20N2O4. The zero-order valence-electron chi connectivity index (χ0n) is 13.5. The molecule has 0 bridgehead atoms. The van der Waals surface area contributed by atoms with Gasteiger partial charge in [-0.1, -0.05) is 17.7 Å². The molecule has 2 rings (SSSR count). The lowest BCUT2D eigenvalue weighted by molar-refractivity contribution is -0.156. The number of hydrogen-bond acceptors (Lipinski definition) is 5. The standard InChI is InChI=1S/C17H20N2O4/c1-4-22-16(20)15(17(21)23-5-2)13-11-12(3)7-8-14(13)19-10-6-9-18-19/h6-11,15H,4-5H2,1-3H3. The minimum absolute atomic E-state index is 0.192. The molecule has 1 aromatic heterocycles. The van der Waals surface area contributed by atoms with Crippen LogP contribution in [0.1, 0.15) is 30.9 Å². The highest BCUT2D eigenvalue weighted by atomic mass is 16.6. The Labute approximate surface area is 135 Å². The fraction of sp³-hybridized carbons (Fsp3) is 0.353. The predicted molar refractivity (Wildman–Crippen MR) is 84.3 cm³/mol. The molecule has 1 aromatic carbocycles. The van der Waals surface area contributed by atoms with E-state index in [9.17, 15) is 9.59 Å². The van der Waals surface area contributed by atoms with Gasteiger partial charge in [0, 0.05) is 18.0 Å². The summed E-state index contributed by atoms with van der Waals surface area (Å²) in [6, 6.07) is 7.28.